The highest BCUT2D eigenvalue weighted by molar-refractivity contribution is 7.92. The molecule has 0 fully saturated rings. The number of nitrogens with one attached hydrogen (secondary N) is 1. The monoisotopic (exact) mass is 515 g/mol. The summed E-state index contributed by atoms with van der Waals surface area (Å²) in [5, 5.41) is 3.45. The van der Waals surface area contributed by atoms with Gasteiger partial charge in [-0.1, -0.05) is 35.3 Å². The van der Waals surface area contributed by atoms with Gasteiger partial charge in [-0.3, -0.25) is 13.9 Å². The zero-order valence-corrected chi connectivity index (χ0v) is 21.2. The number of nitrogens with zero attached hydrogens (tertiary/aromatic N) is 2. The lowest BCUT2D eigenvalue weighted by Gasteiger charge is -2.31. The zero-order chi connectivity index (χ0) is 24.8. The van der Waals surface area contributed by atoms with E-state index in [1.54, 1.807) is 44.2 Å². The number of ether oxygens (including phenoxy) is 1. The number of methoxy groups -OCH3 is 1. The van der Waals surface area contributed by atoms with Crippen molar-refractivity contribution in [3.05, 3.63) is 58.1 Å². The first-order valence-electron chi connectivity index (χ1n) is 10.1. The van der Waals surface area contributed by atoms with Gasteiger partial charge in [0.2, 0.25) is 21.8 Å². The van der Waals surface area contributed by atoms with Crippen LogP contribution in [0.4, 0.5) is 5.69 Å². The number of hydrogen-bond acceptors (Lipinski definition) is 5. The number of anilines is 1. The van der Waals surface area contributed by atoms with Gasteiger partial charge in [0, 0.05) is 29.2 Å². The standard InChI is InChI=1S/C22H27Cl2N3O5S/c1-5-25-22(29)15(2)26(13-16-9-10-17(23)11-20(16)24)21(28)14-27(33(4,30)31)18-7-6-8-19(12-18)32-3/h6-12,15H,5,13-14H2,1-4H3,(H,25,29)/t15-/m0/s1. The summed E-state index contributed by atoms with van der Waals surface area (Å²) in [5.74, 6) is -0.509. The third-order valence-electron chi connectivity index (χ3n) is 4.89. The maximum Gasteiger partial charge on any atom is 0.244 e. The molecule has 0 bridgehead atoms. The fourth-order valence-electron chi connectivity index (χ4n) is 3.12. The highest BCUT2D eigenvalue weighted by Gasteiger charge is 2.30. The molecule has 1 N–H and O–H groups in total. The Morgan fingerprint density at radius 3 is 2.42 bits per heavy atom. The maximum absolute atomic E-state index is 13.4. The molecule has 0 saturated carbocycles. The van der Waals surface area contributed by atoms with Crippen molar-refractivity contribution >= 4 is 50.7 Å². The van der Waals surface area contributed by atoms with Gasteiger partial charge in [0.05, 0.1) is 19.1 Å². The van der Waals surface area contributed by atoms with E-state index in [0.717, 1.165) is 10.6 Å². The molecule has 1 atom stereocenters. The second kappa shape index (κ2) is 11.6. The molecule has 0 aliphatic carbocycles. The number of carbonyl (C=O) groups excluding carboxylic acids is 2. The number of sulfonamides is 1. The Morgan fingerprint density at radius 1 is 1.15 bits per heavy atom. The molecule has 0 aliphatic rings. The third kappa shape index (κ3) is 7.25. The van der Waals surface area contributed by atoms with Gasteiger partial charge in [-0.25, -0.2) is 8.42 Å². The molecule has 0 unspecified atom stereocenters. The minimum atomic E-state index is -3.83. The second-order valence-corrected chi connectivity index (χ2v) is 10.0. The predicted molar refractivity (Wildman–Crippen MR) is 130 cm³/mol. The van der Waals surface area contributed by atoms with Crippen LogP contribution < -0.4 is 14.4 Å². The largest absolute Gasteiger partial charge is 0.497 e. The first-order valence-corrected chi connectivity index (χ1v) is 12.7. The molecule has 2 aromatic carbocycles. The summed E-state index contributed by atoms with van der Waals surface area (Å²) >= 11 is 12.3. The Balaban J connectivity index is 2.42. The van der Waals surface area contributed by atoms with Crippen LogP contribution in [0.15, 0.2) is 42.5 Å². The van der Waals surface area contributed by atoms with Gasteiger partial charge >= 0.3 is 0 Å². The van der Waals surface area contributed by atoms with Crippen molar-refractivity contribution in [2.45, 2.75) is 26.4 Å². The lowest BCUT2D eigenvalue weighted by molar-refractivity contribution is -0.139. The molecule has 0 radical (unpaired) electrons. The van der Waals surface area contributed by atoms with E-state index in [4.69, 9.17) is 27.9 Å². The Labute approximate surface area is 204 Å². The van der Waals surface area contributed by atoms with Gasteiger partial charge in [-0.05, 0) is 43.7 Å². The van der Waals surface area contributed by atoms with E-state index >= 15 is 0 Å². The number of benzene rings is 2. The normalized spacial score (nSPS) is 12.1. The molecule has 0 spiro atoms. The fraction of sp³-hybridized carbons (Fsp3) is 0.364. The maximum atomic E-state index is 13.4. The predicted octanol–water partition coefficient (Wildman–Crippen LogP) is 3.32. The van der Waals surface area contributed by atoms with Gasteiger partial charge in [0.1, 0.15) is 18.3 Å². The lowest BCUT2D eigenvalue weighted by atomic mass is 10.1. The Kier molecular flexibility index (Phi) is 9.39. The van der Waals surface area contributed by atoms with Crippen molar-refractivity contribution in [2.75, 3.05) is 30.8 Å². The first-order chi connectivity index (χ1) is 15.5. The smallest absolute Gasteiger partial charge is 0.244 e. The van der Waals surface area contributed by atoms with E-state index in [0.29, 0.717) is 27.9 Å². The summed E-state index contributed by atoms with van der Waals surface area (Å²) in [7, 11) is -2.37. The number of likely N-dealkylation sites (N-methyl/N-ethyl adjacent to an activating group) is 1. The molecule has 2 rings (SSSR count). The summed E-state index contributed by atoms with van der Waals surface area (Å²) in [6, 6.07) is 10.3. The Bertz CT molecular complexity index is 1110. The van der Waals surface area contributed by atoms with Crippen molar-refractivity contribution in [1.29, 1.82) is 0 Å². The van der Waals surface area contributed by atoms with Gasteiger partial charge in [-0.2, -0.15) is 0 Å². The van der Waals surface area contributed by atoms with Gasteiger partial charge < -0.3 is 15.0 Å². The number of carbonyl (C=O) groups is 2. The number of halogens is 2. The minimum Gasteiger partial charge on any atom is -0.497 e. The van der Waals surface area contributed by atoms with Crippen molar-refractivity contribution in [2.24, 2.45) is 0 Å². The van der Waals surface area contributed by atoms with Crippen LogP contribution in [-0.4, -0.2) is 57.6 Å². The molecule has 8 nitrogen and oxygen atoms in total. The fourth-order valence-corrected chi connectivity index (χ4v) is 4.43. The molecule has 0 saturated heterocycles. The molecule has 0 aromatic heterocycles. The van der Waals surface area contributed by atoms with Crippen LogP contribution in [0.25, 0.3) is 0 Å². The van der Waals surface area contributed by atoms with Crippen molar-refractivity contribution in [1.82, 2.24) is 10.2 Å². The van der Waals surface area contributed by atoms with Crippen molar-refractivity contribution < 1.29 is 22.7 Å². The Hall–Kier alpha value is -2.49. The second-order valence-electron chi connectivity index (χ2n) is 7.30. The van der Waals surface area contributed by atoms with Crippen LogP contribution in [0.2, 0.25) is 10.0 Å². The molecule has 180 valence electrons. The highest BCUT2D eigenvalue weighted by atomic mass is 35.5. The quantitative estimate of drug-likeness (QED) is 0.523. The van der Waals surface area contributed by atoms with Crippen LogP contribution in [0.1, 0.15) is 19.4 Å². The van der Waals surface area contributed by atoms with E-state index in [2.05, 4.69) is 5.32 Å². The molecule has 2 aromatic rings. The average Bonchev–Trinajstić information content (AvgIpc) is 2.75. The average molecular weight is 516 g/mol. The SMILES string of the molecule is CCNC(=O)[C@H](C)N(Cc1ccc(Cl)cc1Cl)C(=O)CN(c1cccc(OC)c1)S(C)(=O)=O. The van der Waals surface area contributed by atoms with E-state index in [1.807, 2.05) is 0 Å². The number of amides is 2. The van der Waals surface area contributed by atoms with Crippen LogP contribution in [0, 0.1) is 0 Å². The van der Waals surface area contributed by atoms with Crippen LogP contribution >= 0.6 is 23.2 Å². The van der Waals surface area contributed by atoms with Gasteiger partial charge in [0.15, 0.2) is 0 Å². The summed E-state index contributed by atoms with van der Waals surface area (Å²) in [6.07, 6.45) is 1.01. The van der Waals surface area contributed by atoms with Gasteiger partial charge in [-0.15, -0.1) is 0 Å². The van der Waals surface area contributed by atoms with E-state index in [1.165, 1.54) is 24.1 Å². The molecular formula is C22H27Cl2N3O5S. The summed E-state index contributed by atoms with van der Waals surface area (Å²) in [4.78, 5) is 27.2. The minimum absolute atomic E-state index is 0.0111. The molecule has 11 heteroatoms. The first kappa shape index (κ1) is 26.8. The van der Waals surface area contributed by atoms with E-state index < -0.39 is 28.5 Å². The van der Waals surface area contributed by atoms with Crippen molar-refractivity contribution in [3.63, 3.8) is 0 Å². The molecule has 2 amide bonds. The molecule has 0 aliphatic heterocycles. The molecule has 33 heavy (non-hydrogen) atoms. The van der Waals surface area contributed by atoms with Crippen LogP contribution in [0.5, 0.6) is 5.75 Å². The topological polar surface area (TPSA) is 96.0 Å². The zero-order valence-electron chi connectivity index (χ0n) is 18.8. The van der Waals surface area contributed by atoms with E-state index in [9.17, 15) is 18.0 Å². The lowest BCUT2D eigenvalue weighted by Crippen LogP contribution is -2.51. The highest BCUT2D eigenvalue weighted by Crippen LogP contribution is 2.25. The van der Waals surface area contributed by atoms with Crippen LogP contribution in [0.3, 0.4) is 0 Å². The number of rotatable bonds is 10. The molecular weight excluding hydrogens is 489 g/mol. The summed E-state index contributed by atoms with van der Waals surface area (Å²) < 4.78 is 31.2. The van der Waals surface area contributed by atoms with Gasteiger partial charge in [0.25, 0.3) is 0 Å². The van der Waals surface area contributed by atoms with Crippen molar-refractivity contribution in [3.8, 4) is 5.75 Å². The summed E-state index contributed by atoms with van der Waals surface area (Å²) in [6.45, 7) is 3.19. The van der Waals surface area contributed by atoms with E-state index in [-0.39, 0.29) is 18.1 Å². The number of hydrogen-bond donors (Lipinski definition) is 1. The Morgan fingerprint density at radius 2 is 1.85 bits per heavy atom. The van der Waals surface area contributed by atoms with Crippen LogP contribution in [-0.2, 0) is 26.2 Å². The summed E-state index contributed by atoms with van der Waals surface area (Å²) in [5.41, 5.74) is 0.832. The third-order valence-corrected chi connectivity index (χ3v) is 6.62. The molecule has 0 heterocycles.